The Kier molecular flexibility index (Phi) is 3.98. The number of hydrogen-bond donors (Lipinski definition) is 0. The number of aliphatic imine (C=N–C) groups is 1. The third-order valence-electron chi connectivity index (χ3n) is 3.11. The van der Waals surface area contributed by atoms with Gasteiger partial charge in [0, 0.05) is 6.21 Å². The number of aryl methyl sites for hydroxylation is 2. The lowest BCUT2D eigenvalue weighted by molar-refractivity contribution is 0.303. The molecular formula is C16H19NO. The summed E-state index contributed by atoms with van der Waals surface area (Å²) in [7, 11) is 1.69. The highest BCUT2D eigenvalue weighted by atomic mass is 16.5. The molecule has 0 amide bonds. The maximum Gasteiger partial charge on any atom is 0.114 e. The summed E-state index contributed by atoms with van der Waals surface area (Å²) in [4.78, 5) is 4.60. The van der Waals surface area contributed by atoms with Crippen molar-refractivity contribution in [2.45, 2.75) is 26.3 Å². The molecule has 1 unspecified atom stereocenters. The van der Waals surface area contributed by atoms with Crippen molar-refractivity contribution in [1.82, 2.24) is 0 Å². The van der Waals surface area contributed by atoms with E-state index in [1.807, 2.05) is 12.3 Å². The molecule has 1 aliphatic rings. The maximum absolute atomic E-state index is 5.16. The summed E-state index contributed by atoms with van der Waals surface area (Å²) in [6.45, 7) is 4.23. The molecule has 18 heavy (non-hydrogen) atoms. The molecule has 0 N–H and O–H groups in total. The van der Waals surface area contributed by atoms with E-state index >= 15 is 0 Å². The van der Waals surface area contributed by atoms with E-state index in [0.717, 1.165) is 12.2 Å². The van der Waals surface area contributed by atoms with Gasteiger partial charge in [-0.1, -0.05) is 29.8 Å². The number of methoxy groups -OCH3 is 1. The highest BCUT2D eigenvalue weighted by Crippen LogP contribution is 2.14. The van der Waals surface area contributed by atoms with Crippen LogP contribution in [-0.4, -0.2) is 19.4 Å². The van der Waals surface area contributed by atoms with E-state index < -0.39 is 0 Å². The van der Waals surface area contributed by atoms with Gasteiger partial charge in [0.15, 0.2) is 0 Å². The first-order valence-corrected chi connectivity index (χ1v) is 6.22. The van der Waals surface area contributed by atoms with E-state index in [2.05, 4.69) is 49.2 Å². The van der Waals surface area contributed by atoms with Gasteiger partial charge in [-0.3, -0.25) is 4.99 Å². The molecule has 2 heteroatoms. The lowest BCUT2D eigenvalue weighted by Crippen LogP contribution is -2.04. The minimum atomic E-state index is 0.226. The molecule has 1 aromatic rings. The van der Waals surface area contributed by atoms with Gasteiger partial charge in [-0.2, -0.15) is 0 Å². The molecular weight excluding hydrogens is 222 g/mol. The first-order chi connectivity index (χ1) is 8.69. The maximum atomic E-state index is 5.16. The Morgan fingerprint density at radius 3 is 2.78 bits per heavy atom. The van der Waals surface area contributed by atoms with Crippen molar-refractivity contribution >= 4 is 6.21 Å². The number of rotatable bonds is 3. The van der Waals surface area contributed by atoms with Crippen molar-refractivity contribution in [2.75, 3.05) is 7.11 Å². The molecule has 94 valence electrons. The number of hydrogen-bond acceptors (Lipinski definition) is 2. The molecule has 0 bridgehead atoms. The fourth-order valence-electron chi connectivity index (χ4n) is 2.00. The van der Waals surface area contributed by atoms with E-state index in [9.17, 15) is 0 Å². The zero-order valence-electron chi connectivity index (χ0n) is 11.2. The lowest BCUT2D eigenvalue weighted by Gasteiger charge is -2.11. The molecule has 0 aromatic heterocycles. The van der Waals surface area contributed by atoms with Gasteiger partial charge >= 0.3 is 0 Å². The van der Waals surface area contributed by atoms with Gasteiger partial charge in [0.1, 0.15) is 5.76 Å². The molecule has 0 aliphatic heterocycles. The summed E-state index contributed by atoms with van der Waals surface area (Å²) in [5.74, 6) is 0.924. The van der Waals surface area contributed by atoms with Gasteiger partial charge in [-0.05, 0) is 43.5 Å². The van der Waals surface area contributed by atoms with Crippen LogP contribution in [0, 0.1) is 13.8 Å². The zero-order valence-corrected chi connectivity index (χ0v) is 11.2. The van der Waals surface area contributed by atoms with E-state index in [4.69, 9.17) is 4.74 Å². The third-order valence-corrected chi connectivity index (χ3v) is 3.11. The first kappa shape index (κ1) is 12.6. The van der Waals surface area contributed by atoms with Crippen LogP contribution < -0.4 is 0 Å². The Morgan fingerprint density at radius 2 is 2.17 bits per heavy atom. The Bertz CT molecular complexity index is 512. The van der Waals surface area contributed by atoms with Crippen molar-refractivity contribution in [3.05, 3.63) is 58.9 Å². The molecule has 0 fully saturated rings. The van der Waals surface area contributed by atoms with Gasteiger partial charge < -0.3 is 4.74 Å². The minimum absolute atomic E-state index is 0.226. The topological polar surface area (TPSA) is 21.6 Å². The molecule has 1 atom stereocenters. The van der Waals surface area contributed by atoms with Gasteiger partial charge in [-0.25, -0.2) is 0 Å². The van der Waals surface area contributed by atoms with Crippen LogP contribution in [0.4, 0.5) is 0 Å². The lowest BCUT2D eigenvalue weighted by atomic mass is 10.1. The predicted molar refractivity (Wildman–Crippen MR) is 76.1 cm³/mol. The monoisotopic (exact) mass is 241 g/mol. The van der Waals surface area contributed by atoms with Crippen molar-refractivity contribution in [3.63, 3.8) is 0 Å². The number of benzene rings is 1. The third kappa shape index (κ3) is 3.10. The van der Waals surface area contributed by atoms with Crippen molar-refractivity contribution in [3.8, 4) is 0 Å². The molecule has 1 aliphatic carbocycles. The van der Waals surface area contributed by atoms with Crippen LogP contribution >= 0.6 is 0 Å². The number of allylic oxidation sites excluding steroid dienone is 1. The Balaban J connectivity index is 2.04. The Morgan fingerprint density at radius 1 is 1.33 bits per heavy atom. The summed E-state index contributed by atoms with van der Waals surface area (Å²) in [5, 5.41) is 0. The molecule has 2 rings (SSSR count). The average Bonchev–Trinajstić information content (AvgIpc) is 2.38. The van der Waals surface area contributed by atoms with Crippen LogP contribution in [0.15, 0.2) is 47.2 Å². The second kappa shape index (κ2) is 5.67. The first-order valence-electron chi connectivity index (χ1n) is 6.22. The van der Waals surface area contributed by atoms with Crippen LogP contribution in [0.3, 0.4) is 0 Å². The summed E-state index contributed by atoms with van der Waals surface area (Å²) in [6.07, 6.45) is 9.01. The fraction of sp³-hybridized carbons (Fsp3) is 0.312. The summed E-state index contributed by atoms with van der Waals surface area (Å²) >= 11 is 0. The van der Waals surface area contributed by atoms with E-state index in [1.165, 1.54) is 16.7 Å². The Labute approximate surface area is 109 Å². The van der Waals surface area contributed by atoms with Gasteiger partial charge in [-0.15, -0.1) is 0 Å². The van der Waals surface area contributed by atoms with Crippen LogP contribution in [-0.2, 0) is 4.74 Å². The average molecular weight is 241 g/mol. The molecule has 0 radical (unpaired) electrons. The highest BCUT2D eigenvalue weighted by molar-refractivity contribution is 5.82. The quantitative estimate of drug-likeness (QED) is 0.741. The second-order valence-electron chi connectivity index (χ2n) is 4.61. The normalized spacial score (nSPS) is 19.1. The van der Waals surface area contributed by atoms with Crippen LogP contribution in [0.2, 0.25) is 0 Å². The SMILES string of the molecule is COC1=CCC(N=Cc2ccc(C)cc2C)C=C1. The summed E-state index contributed by atoms with van der Waals surface area (Å²) < 4.78 is 5.16. The van der Waals surface area contributed by atoms with Crippen LogP contribution in [0.1, 0.15) is 23.1 Å². The molecule has 0 saturated carbocycles. The molecule has 2 nitrogen and oxygen atoms in total. The summed E-state index contributed by atoms with van der Waals surface area (Å²) in [6, 6.07) is 6.65. The molecule has 0 spiro atoms. The second-order valence-corrected chi connectivity index (χ2v) is 4.61. The van der Waals surface area contributed by atoms with Crippen molar-refractivity contribution < 1.29 is 4.74 Å². The van der Waals surface area contributed by atoms with Crippen LogP contribution in [0.5, 0.6) is 0 Å². The standard InChI is InChI=1S/C16H19NO/c1-12-4-5-14(13(2)10-12)11-17-15-6-8-16(18-3)9-7-15/h4-6,8-11,15H,7H2,1-3H3. The highest BCUT2D eigenvalue weighted by Gasteiger charge is 2.06. The van der Waals surface area contributed by atoms with E-state index in [1.54, 1.807) is 7.11 Å². The fourth-order valence-corrected chi connectivity index (χ4v) is 2.00. The van der Waals surface area contributed by atoms with E-state index in [-0.39, 0.29) is 6.04 Å². The van der Waals surface area contributed by atoms with Gasteiger partial charge in [0.25, 0.3) is 0 Å². The van der Waals surface area contributed by atoms with Gasteiger partial charge in [0.2, 0.25) is 0 Å². The number of ether oxygens (including phenoxy) is 1. The molecule has 0 saturated heterocycles. The largest absolute Gasteiger partial charge is 0.497 e. The van der Waals surface area contributed by atoms with Crippen molar-refractivity contribution in [1.29, 1.82) is 0 Å². The minimum Gasteiger partial charge on any atom is -0.497 e. The summed E-state index contributed by atoms with van der Waals surface area (Å²) in [5.41, 5.74) is 3.75. The number of nitrogens with zero attached hydrogens (tertiary/aromatic N) is 1. The Hall–Kier alpha value is -1.83. The van der Waals surface area contributed by atoms with E-state index in [0.29, 0.717) is 0 Å². The smallest absolute Gasteiger partial charge is 0.114 e. The van der Waals surface area contributed by atoms with Gasteiger partial charge in [0.05, 0.1) is 13.2 Å². The molecule has 0 heterocycles. The van der Waals surface area contributed by atoms with Crippen LogP contribution in [0.25, 0.3) is 0 Å². The predicted octanol–water partition coefficient (Wildman–Crippen LogP) is 3.58. The zero-order chi connectivity index (χ0) is 13.0. The van der Waals surface area contributed by atoms with Crippen molar-refractivity contribution in [2.24, 2.45) is 4.99 Å². The molecule has 1 aromatic carbocycles.